The molecule has 1 aliphatic heterocycles. The molecule has 1 fully saturated rings. The highest BCUT2D eigenvalue weighted by atomic mass is 32.2. The second-order valence-corrected chi connectivity index (χ2v) is 9.91. The summed E-state index contributed by atoms with van der Waals surface area (Å²) < 4.78 is 62.8. The number of likely N-dealkylation sites (tertiary alicyclic amines) is 1. The molecule has 0 spiro atoms. The molecule has 2 aromatic rings. The van der Waals surface area contributed by atoms with Crippen LogP contribution in [0.1, 0.15) is 24.1 Å². The predicted molar refractivity (Wildman–Crippen MR) is 103 cm³/mol. The molecule has 1 saturated heterocycles. The van der Waals surface area contributed by atoms with Crippen LogP contribution in [0.3, 0.4) is 0 Å². The molecule has 1 aromatic carbocycles. The van der Waals surface area contributed by atoms with Crippen molar-refractivity contribution in [2.75, 3.05) is 26.4 Å². The van der Waals surface area contributed by atoms with E-state index in [1.807, 2.05) is 5.38 Å². The summed E-state index contributed by atoms with van der Waals surface area (Å²) in [5.74, 6) is 0. The Hall–Kier alpha value is -1.49. The molecule has 5 nitrogen and oxygen atoms in total. The summed E-state index contributed by atoms with van der Waals surface area (Å²) in [7, 11) is -1.57. The SMILES string of the molecule is CN(C1CCN(Cc2csc(-c3ccc(C(F)(F)F)cc3)n2)CC1)S(C)(=O)=O. The van der Waals surface area contributed by atoms with Crippen LogP contribution in [0, 0.1) is 0 Å². The van der Waals surface area contributed by atoms with E-state index >= 15 is 0 Å². The molecule has 28 heavy (non-hydrogen) atoms. The van der Waals surface area contributed by atoms with Gasteiger partial charge in [0.15, 0.2) is 0 Å². The fourth-order valence-electron chi connectivity index (χ4n) is 3.25. The molecule has 1 aromatic heterocycles. The van der Waals surface area contributed by atoms with Crippen LogP contribution in [0.5, 0.6) is 0 Å². The second kappa shape index (κ2) is 8.10. The van der Waals surface area contributed by atoms with Gasteiger partial charge >= 0.3 is 6.18 Å². The third kappa shape index (κ3) is 5.11. The smallest absolute Gasteiger partial charge is 0.297 e. The first kappa shape index (κ1) is 21.2. The molecule has 0 atom stereocenters. The van der Waals surface area contributed by atoms with Crippen LogP contribution in [-0.2, 0) is 22.7 Å². The molecule has 1 aliphatic rings. The maximum Gasteiger partial charge on any atom is 0.416 e. The van der Waals surface area contributed by atoms with E-state index in [2.05, 4.69) is 9.88 Å². The average molecular weight is 434 g/mol. The van der Waals surface area contributed by atoms with Gasteiger partial charge in [0.05, 0.1) is 17.5 Å². The Morgan fingerprint density at radius 1 is 1.21 bits per heavy atom. The van der Waals surface area contributed by atoms with Crippen LogP contribution in [-0.4, -0.2) is 55.0 Å². The number of sulfonamides is 1. The monoisotopic (exact) mass is 433 g/mol. The van der Waals surface area contributed by atoms with E-state index < -0.39 is 21.8 Å². The lowest BCUT2D eigenvalue weighted by Crippen LogP contribution is -2.44. The molecule has 0 aliphatic carbocycles. The van der Waals surface area contributed by atoms with Crippen molar-refractivity contribution < 1.29 is 21.6 Å². The minimum atomic E-state index is -4.34. The maximum absolute atomic E-state index is 12.7. The van der Waals surface area contributed by atoms with Crippen molar-refractivity contribution in [2.24, 2.45) is 0 Å². The van der Waals surface area contributed by atoms with Crippen molar-refractivity contribution in [3.05, 3.63) is 40.9 Å². The molecule has 0 bridgehead atoms. The maximum atomic E-state index is 12.7. The van der Waals surface area contributed by atoms with E-state index in [0.29, 0.717) is 17.1 Å². The first-order valence-corrected chi connectivity index (χ1v) is 11.5. The average Bonchev–Trinajstić information content (AvgIpc) is 3.09. The summed E-state index contributed by atoms with van der Waals surface area (Å²) in [5, 5.41) is 2.61. The van der Waals surface area contributed by atoms with Gasteiger partial charge in [0.1, 0.15) is 5.01 Å². The molecule has 10 heteroatoms. The Morgan fingerprint density at radius 2 is 1.82 bits per heavy atom. The first-order valence-electron chi connectivity index (χ1n) is 8.81. The molecule has 0 amide bonds. The van der Waals surface area contributed by atoms with Crippen molar-refractivity contribution in [1.82, 2.24) is 14.2 Å². The summed E-state index contributed by atoms with van der Waals surface area (Å²) in [6.07, 6.45) is -1.60. The molecular formula is C18H22F3N3O2S2. The number of rotatable bonds is 5. The molecule has 3 rings (SSSR count). The third-order valence-corrected chi connectivity index (χ3v) is 7.28. The third-order valence-electron chi connectivity index (χ3n) is 4.99. The van der Waals surface area contributed by atoms with E-state index in [1.54, 1.807) is 7.05 Å². The zero-order valence-electron chi connectivity index (χ0n) is 15.6. The van der Waals surface area contributed by atoms with Crippen molar-refractivity contribution >= 4 is 21.4 Å². The number of benzene rings is 1. The highest BCUT2D eigenvalue weighted by Gasteiger charge is 2.30. The largest absolute Gasteiger partial charge is 0.416 e. The van der Waals surface area contributed by atoms with E-state index in [0.717, 1.165) is 43.8 Å². The summed E-state index contributed by atoms with van der Waals surface area (Å²) >= 11 is 1.41. The highest BCUT2D eigenvalue weighted by molar-refractivity contribution is 7.88. The van der Waals surface area contributed by atoms with Crippen LogP contribution in [0.25, 0.3) is 10.6 Å². The number of halogens is 3. The summed E-state index contributed by atoms with van der Waals surface area (Å²) in [4.78, 5) is 6.77. The topological polar surface area (TPSA) is 53.5 Å². The lowest BCUT2D eigenvalue weighted by atomic mass is 10.1. The van der Waals surface area contributed by atoms with Gasteiger partial charge in [-0.15, -0.1) is 11.3 Å². The number of alkyl halides is 3. The van der Waals surface area contributed by atoms with Gasteiger partial charge in [0.25, 0.3) is 0 Å². The van der Waals surface area contributed by atoms with Crippen molar-refractivity contribution in [2.45, 2.75) is 31.6 Å². The van der Waals surface area contributed by atoms with E-state index in [4.69, 9.17) is 0 Å². The van der Waals surface area contributed by atoms with Crippen LogP contribution >= 0.6 is 11.3 Å². The second-order valence-electron chi connectivity index (χ2n) is 7.01. The molecule has 0 unspecified atom stereocenters. The van der Waals surface area contributed by atoms with Gasteiger partial charge in [-0.2, -0.15) is 13.2 Å². The zero-order valence-corrected chi connectivity index (χ0v) is 17.2. The summed E-state index contributed by atoms with van der Waals surface area (Å²) in [6, 6.07) is 5.04. The molecule has 154 valence electrons. The minimum absolute atomic E-state index is 0.0180. The summed E-state index contributed by atoms with van der Waals surface area (Å²) in [6.45, 7) is 2.20. The number of nitrogens with zero attached hydrogens (tertiary/aromatic N) is 3. The van der Waals surface area contributed by atoms with E-state index in [1.165, 1.54) is 34.0 Å². The van der Waals surface area contributed by atoms with Crippen LogP contribution in [0.2, 0.25) is 0 Å². The fraction of sp³-hybridized carbons (Fsp3) is 0.500. The van der Waals surface area contributed by atoms with Gasteiger partial charge < -0.3 is 0 Å². The highest BCUT2D eigenvalue weighted by Crippen LogP contribution is 2.32. The Bertz CT molecular complexity index is 903. The Morgan fingerprint density at radius 3 is 2.36 bits per heavy atom. The predicted octanol–water partition coefficient (Wildman–Crippen LogP) is 3.68. The zero-order chi connectivity index (χ0) is 20.5. The standard InChI is InChI=1S/C18H22F3N3O2S2/c1-23(28(2,25)26)16-7-9-24(10-8-16)11-15-12-27-17(22-15)13-3-5-14(6-4-13)18(19,20)21/h3-6,12,16H,7-11H2,1-2H3. The van der Waals surface area contributed by atoms with Crippen LogP contribution in [0.4, 0.5) is 13.2 Å². The van der Waals surface area contributed by atoms with Crippen molar-refractivity contribution in [3.63, 3.8) is 0 Å². The number of thiazole rings is 1. The van der Waals surface area contributed by atoms with Crippen molar-refractivity contribution in [1.29, 1.82) is 0 Å². The normalized spacial score (nSPS) is 17.4. The lowest BCUT2D eigenvalue weighted by molar-refractivity contribution is -0.137. The lowest BCUT2D eigenvalue weighted by Gasteiger charge is -2.35. The molecule has 2 heterocycles. The first-order chi connectivity index (χ1) is 13.0. The van der Waals surface area contributed by atoms with Crippen LogP contribution < -0.4 is 0 Å². The number of hydrogen-bond donors (Lipinski definition) is 0. The minimum Gasteiger partial charge on any atom is -0.297 e. The molecule has 0 N–H and O–H groups in total. The molecule has 0 radical (unpaired) electrons. The fourth-order valence-corrected chi connectivity index (χ4v) is 4.82. The van der Waals surface area contributed by atoms with E-state index in [9.17, 15) is 21.6 Å². The Balaban J connectivity index is 1.58. The van der Waals surface area contributed by atoms with Crippen molar-refractivity contribution in [3.8, 4) is 10.6 Å². The van der Waals surface area contributed by atoms with Gasteiger partial charge in [-0.3, -0.25) is 4.90 Å². The van der Waals surface area contributed by atoms with Gasteiger partial charge in [0, 0.05) is 43.7 Å². The number of piperidine rings is 1. The molecular weight excluding hydrogens is 411 g/mol. The quantitative estimate of drug-likeness (QED) is 0.722. The van der Waals surface area contributed by atoms with Gasteiger partial charge in [-0.25, -0.2) is 17.7 Å². The van der Waals surface area contributed by atoms with Crippen LogP contribution in [0.15, 0.2) is 29.6 Å². The molecule has 0 saturated carbocycles. The number of aromatic nitrogens is 1. The van der Waals surface area contributed by atoms with Gasteiger partial charge in [-0.1, -0.05) is 12.1 Å². The van der Waals surface area contributed by atoms with E-state index in [-0.39, 0.29) is 6.04 Å². The Kier molecular flexibility index (Phi) is 6.14. The van der Waals surface area contributed by atoms with Gasteiger partial charge in [-0.05, 0) is 25.0 Å². The van der Waals surface area contributed by atoms with Gasteiger partial charge in [0.2, 0.25) is 10.0 Å². The number of hydrogen-bond acceptors (Lipinski definition) is 5. The summed E-state index contributed by atoms with van der Waals surface area (Å²) in [5.41, 5.74) is 0.863. The Labute approximate surface area is 166 Å².